The van der Waals surface area contributed by atoms with Crippen LogP contribution in [0.3, 0.4) is 0 Å². The largest absolute Gasteiger partial charge is 0.294 e. The van der Waals surface area contributed by atoms with Gasteiger partial charge in [0.1, 0.15) is 10.6 Å². The predicted octanol–water partition coefficient (Wildman–Crippen LogP) is 5.03. The summed E-state index contributed by atoms with van der Waals surface area (Å²) in [6.45, 7) is 0.467. The van der Waals surface area contributed by atoms with E-state index in [0.717, 1.165) is 16.7 Å². The second-order valence-corrected chi connectivity index (χ2v) is 7.60. The number of fused-ring (bicyclic) bond motifs is 1. The Labute approximate surface area is 158 Å². The van der Waals surface area contributed by atoms with Crippen LogP contribution in [0, 0.1) is 5.82 Å². The summed E-state index contributed by atoms with van der Waals surface area (Å²) in [7, 11) is 0. The van der Waals surface area contributed by atoms with E-state index < -0.39 is 0 Å². The minimum Gasteiger partial charge on any atom is -0.294 e. The highest BCUT2D eigenvalue weighted by Gasteiger charge is 2.13. The van der Waals surface area contributed by atoms with Gasteiger partial charge in [-0.2, -0.15) is 0 Å². The van der Waals surface area contributed by atoms with Crippen molar-refractivity contribution < 1.29 is 4.39 Å². The van der Waals surface area contributed by atoms with Gasteiger partial charge in [-0.1, -0.05) is 24.3 Å². The number of hydrogen-bond donors (Lipinski definition) is 0. The smallest absolute Gasteiger partial charge is 0.263 e. The zero-order valence-corrected chi connectivity index (χ0v) is 15.6. The van der Waals surface area contributed by atoms with E-state index in [1.807, 2.05) is 35.9 Å². The molecule has 0 N–H and O–H groups in total. The summed E-state index contributed by atoms with van der Waals surface area (Å²) in [5.41, 5.74) is 2.59. The number of halogens is 1. The lowest BCUT2D eigenvalue weighted by Crippen LogP contribution is -2.20. The molecule has 0 radical (unpaired) electrons. The van der Waals surface area contributed by atoms with Crippen molar-refractivity contribution in [2.45, 2.75) is 11.4 Å². The molecule has 6 heteroatoms. The highest BCUT2D eigenvalue weighted by Crippen LogP contribution is 2.30. The lowest BCUT2D eigenvalue weighted by molar-refractivity contribution is 0.628. The number of hydrogen-bond acceptors (Lipinski definition) is 4. The highest BCUT2D eigenvalue weighted by atomic mass is 32.2. The zero-order valence-electron chi connectivity index (χ0n) is 14.0. The van der Waals surface area contributed by atoms with Gasteiger partial charge in [0, 0.05) is 15.8 Å². The highest BCUT2D eigenvalue weighted by molar-refractivity contribution is 7.98. The fourth-order valence-electron chi connectivity index (χ4n) is 2.85. The molecule has 2 heterocycles. The zero-order chi connectivity index (χ0) is 18.1. The van der Waals surface area contributed by atoms with Gasteiger partial charge in [0.05, 0.1) is 18.3 Å². The topological polar surface area (TPSA) is 34.9 Å². The molecular formula is C20H15FN2OS2. The maximum atomic E-state index is 13.2. The van der Waals surface area contributed by atoms with Crippen molar-refractivity contribution in [1.29, 1.82) is 0 Å². The van der Waals surface area contributed by atoms with Gasteiger partial charge in [-0.05, 0) is 41.6 Å². The molecule has 0 fully saturated rings. The molecule has 4 aromatic rings. The standard InChI is InChI=1S/C20H15FN2OS2/c1-25-16-8-2-13(3-9-16)10-23-12-22-19-18(20(23)24)17(11-26-19)14-4-6-15(21)7-5-14/h2-9,11-12H,10H2,1H3. The number of aromatic nitrogens is 2. The number of benzene rings is 2. The van der Waals surface area contributed by atoms with Crippen molar-refractivity contribution in [1.82, 2.24) is 9.55 Å². The average molecular weight is 382 g/mol. The molecule has 0 unspecified atom stereocenters. The molecule has 0 aliphatic carbocycles. The first-order chi connectivity index (χ1) is 12.7. The third-order valence-corrected chi connectivity index (χ3v) is 5.86. The third-order valence-electron chi connectivity index (χ3n) is 4.23. The molecule has 26 heavy (non-hydrogen) atoms. The summed E-state index contributed by atoms with van der Waals surface area (Å²) in [5, 5.41) is 2.49. The SMILES string of the molecule is CSc1ccc(Cn2cnc3scc(-c4ccc(F)cc4)c3c2=O)cc1. The Balaban J connectivity index is 1.77. The third kappa shape index (κ3) is 3.18. The summed E-state index contributed by atoms with van der Waals surface area (Å²) < 4.78 is 14.8. The van der Waals surface area contributed by atoms with E-state index in [1.165, 1.54) is 28.4 Å². The van der Waals surface area contributed by atoms with Crippen LogP contribution in [-0.2, 0) is 6.54 Å². The lowest BCUT2D eigenvalue weighted by Gasteiger charge is -2.07. The van der Waals surface area contributed by atoms with Gasteiger partial charge in [0.2, 0.25) is 0 Å². The summed E-state index contributed by atoms with van der Waals surface area (Å²) >= 11 is 3.11. The summed E-state index contributed by atoms with van der Waals surface area (Å²) in [4.78, 5) is 19.4. The average Bonchev–Trinajstić information content (AvgIpc) is 3.10. The first-order valence-electron chi connectivity index (χ1n) is 8.01. The van der Waals surface area contributed by atoms with Crippen molar-refractivity contribution in [3.63, 3.8) is 0 Å². The second-order valence-electron chi connectivity index (χ2n) is 5.86. The van der Waals surface area contributed by atoms with E-state index >= 15 is 0 Å². The molecule has 3 nitrogen and oxygen atoms in total. The van der Waals surface area contributed by atoms with Gasteiger partial charge >= 0.3 is 0 Å². The summed E-state index contributed by atoms with van der Waals surface area (Å²) in [6, 6.07) is 14.3. The Morgan fingerprint density at radius 1 is 1.12 bits per heavy atom. The van der Waals surface area contributed by atoms with E-state index in [9.17, 15) is 9.18 Å². The molecule has 2 aromatic carbocycles. The van der Waals surface area contributed by atoms with E-state index in [-0.39, 0.29) is 11.4 Å². The first kappa shape index (κ1) is 17.0. The van der Waals surface area contributed by atoms with E-state index in [2.05, 4.69) is 4.98 Å². The molecule has 2 aromatic heterocycles. The molecule has 0 saturated carbocycles. The van der Waals surface area contributed by atoms with Gasteiger partial charge in [0.25, 0.3) is 5.56 Å². The van der Waals surface area contributed by atoms with Gasteiger partial charge in [-0.25, -0.2) is 9.37 Å². The predicted molar refractivity (Wildman–Crippen MR) is 107 cm³/mol. The van der Waals surface area contributed by atoms with E-state index in [4.69, 9.17) is 0 Å². The Morgan fingerprint density at radius 3 is 2.54 bits per heavy atom. The van der Waals surface area contributed by atoms with Crippen LogP contribution in [0.1, 0.15) is 5.56 Å². The fraction of sp³-hybridized carbons (Fsp3) is 0.100. The van der Waals surface area contributed by atoms with Gasteiger partial charge in [0.15, 0.2) is 0 Å². The molecular weight excluding hydrogens is 367 g/mol. The number of nitrogens with zero attached hydrogens (tertiary/aromatic N) is 2. The first-order valence-corrected chi connectivity index (χ1v) is 10.1. The van der Waals surface area contributed by atoms with Crippen LogP contribution in [-0.4, -0.2) is 15.8 Å². The van der Waals surface area contributed by atoms with Crippen molar-refractivity contribution >= 4 is 33.3 Å². The van der Waals surface area contributed by atoms with E-state index in [1.54, 1.807) is 34.8 Å². The molecule has 0 atom stereocenters. The Morgan fingerprint density at radius 2 is 1.85 bits per heavy atom. The second kappa shape index (κ2) is 7.05. The number of thiophene rings is 1. The Bertz CT molecular complexity index is 1120. The maximum absolute atomic E-state index is 13.2. The molecule has 0 aliphatic heterocycles. The van der Waals surface area contributed by atoms with Crippen molar-refractivity contribution in [3.8, 4) is 11.1 Å². The molecule has 0 saturated heterocycles. The van der Waals surface area contributed by atoms with Crippen LogP contribution in [0.5, 0.6) is 0 Å². The summed E-state index contributed by atoms with van der Waals surface area (Å²) in [6.07, 6.45) is 3.63. The maximum Gasteiger partial charge on any atom is 0.263 e. The normalized spacial score (nSPS) is 11.2. The van der Waals surface area contributed by atoms with Gasteiger partial charge in [-0.3, -0.25) is 9.36 Å². The monoisotopic (exact) mass is 382 g/mol. The van der Waals surface area contributed by atoms with E-state index in [0.29, 0.717) is 16.8 Å². The van der Waals surface area contributed by atoms with Crippen LogP contribution in [0.15, 0.2) is 69.9 Å². The van der Waals surface area contributed by atoms with Gasteiger partial charge in [-0.15, -0.1) is 23.1 Å². The summed E-state index contributed by atoms with van der Waals surface area (Å²) in [5.74, 6) is -0.294. The lowest BCUT2D eigenvalue weighted by atomic mass is 10.1. The van der Waals surface area contributed by atoms with Crippen LogP contribution in [0.4, 0.5) is 4.39 Å². The molecule has 0 bridgehead atoms. The minimum absolute atomic E-state index is 0.0791. The molecule has 130 valence electrons. The van der Waals surface area contributed by atoms with Crippen LogP contribution in [0.2, 0.25) is 0 Å². The number of rotatable bonds is 4. The Hall–Kier alpha value is -2.44. The number of thioether (sulfide) groups is 1. The molecule has 0 amide bonds. The van der Waals surface area contributed by atoms with Crippen molar-refractivity contribution in [2.24, 2.45) is 0 Å². The van der Waals surface area contributed by atoms with Crippen LogP contribution >= 0.6 is 23.1 Å². The fourth-order valence-corrected chi connectivity index (χ4v) is 4.16. The molecule has 0 aliphatic rings. The van der Waals surface area contributed by atoms with Crippen molar-refractivity contribution in [2.75, 3.05) is 6.26 Å². The van der Waals surface area contributed by atoms with Gasteiger partial charge < -0.3 is 0 Å². The molecule has 0 spiro atoms. The quantitative estimate of drug-likeness (QED) is 0.464. The molecule has 4 rings (SSSR count). The van der Waals surface area contributed by atoms with Crippen molar-refractivity contribution in [3.05, 3.63) is 82.0 Å². The van der Waals surface area contributed by atoms with Crippen LogP contribution < -0.4 is 5.56 Å². The Kier molecular flexibility index (Phi) is 4.61. The minimum atomic E-state index is -0.294. The van der Waals surface area contributed by atoms with Crippen LogP contribution in [0.25, 0.3) is 21.3 Å².